The minimum absolute atomic E-state index is 0.0408. The van der Waals surface area contributed by atoms with Crippen LogP contribution in [0.5, 0.6) is 0 Å². The monoisotopic (exact) mass is 235 g/mol. The maximum atomic E-state index is 11.0. The van der Waals surface area contributed by atoms with Crippen molar-refractivity contribution in [3.05, 3.63) is 0 Å². The molecule has 0 bridgehead atoms. The summed E-state index contributed by atoms with van der Waals surface area (Å²) in [7, 11) is 3.95. The van der Waals surface area contributed by atoms with Gasteiger partial charge in [-0.05, 0) is 19.3 Å². The van der Waals surface area contributed by atoms with Crippen molar-refractivity contribution < 1.29 is 9.90 Å². The van der Waals surface area contributed by atoms with Crippen molar-refractivity contribution in [2.24, 2.45) is 0 Å². The molecule has 0 aromatic carbocycles. The molecule has 1 aliphatic rings. The topological polar surface area (TPSA) is 49.3 Å². The number of rotatable bonds is 6. The second-order valence-corrected chi connectivity index (χ2v) is 6.12. The van der Waals surface area contributed by atoms with Crippen LogP contribution in [-0.2, 0) is 4.79 Å². The Morgan fingerprint density at radius 2 is 2.36 bits per heavy atom. The number of hydrogen-bond acceptors (Lipinski definition) is 4. The maximum absolute atomic E-state index is 11.0. The minimum atomic E-state index is -0.242. The predicted octanol–water partition coefficient (Wildman–Crippen LogP) is 1.77. The Morgan fingerprint density at radius 1 is 1.50 bits per heavy atom. The molecular formula is C9H17NO2S2. The van der Waals surface area contributed by atoms with Crippen molar-refractivity contribution >= 4 is 27.5 Å². The molecule has 1 fully saturated rings. The third-order valence-electron chi connectivity index (χ3n) is 2.18. The zero-order valence-corrected chi connectivity index (χ0v) is 9.83. The lowest BCUT2D eigenvalue weighted by molar-refractivity contribution is -0.122. The molecule has 0 aromatic heterocycles. The summed E-state index contributed by atoms with van der Waals surface area (Å²) in [4.78, 5) is 11.0. The van der Waals surface area contributed by atoms with Crippen molar-refractivity contribution in [2.75, 3.05) is 12.5 Å². The van der Waals surface area contributed by atoms with E-state index in [-0.39, 0.29) is 12.6 Å². The van der Waals surface area contributed by atoms with E-state index in [0.29, 0.717) is 6.42 Å². The highest BCUT2D eigenvalue weighted by Gasteiger charge is 2.15. The molecule has 1 heterocycles. The molecular weight excluding hydrogens is 218 g/mol. The molecule has 0 radical (unpaired) electrons. The second kappa shape index (κ2) is 7.43. The number of nitrogens with one attached hydrogen (secondary N) is 1. The zero-order chi connectivity index (χ0) is 10.2. The van der Waals surface area contributed by atoms with Crippen molar-refractivity contribution in [3.8, 4) is 0 Å². The van der Waals surface area contributed by atoms with Gasteiger partial charge in [0.25, 0.3) is 0 Å². The van der Waals surface area contributed by atoms with Gasteiger partial charge in [-0.1, -0.05) is 28.0 Å². The number of carbonyl (C=O) groups excluding carboxylic acids is 1. The molecule has 0 unspecified atom stereocenters. The van der Waals surface area contributed by atoms with Crippen LogP contribution in [0.1, 0.15) is 32.1 Å². The molecule has 0 aromatic rings. The molecule has 1 atom stereocenters. The second-order valence-electron chi connectivity index (χ2n) is 3.33. The van der Waals surface area contributed by atoms with Gasteiger partial charge in [0, 0.05) is 17.4 Å². The molecule has 1 aliphatic heterocycles. The summed E-state index contributed by atoms with van der Waals surface area (Å²) in [6.07, 6.45) is 5.15. The molecule has 82 valence electrons. The van der Waals surface area contributed by atoms with Gasteiger partial charge in [-0.3, -0.25) is 4.79 Å². The van der Waals surface area contributed by atoms with Crippen molar-refractivity contribution in [3.63, 3.8) is 0 Å². The van der Waals surface area contributed by atoms with Crippen LogP contribution in [-0.4, -0.2) is 28.7 Å². The summed E-state index contributed by atoms with van der Waals surface area (Å²) < 4.78 is 0. The number of aliphatic hydroxyl groups excluding tert-OH is 1. The highest BCUT2D eigenvalue weighted by molar-refractivity contribution is 8.77. The van der Waals surface area contributed by atoms with Gasteiger partial charge in [-0.15, -0.1) is 0 Å². The Morgan fingerprint density at radius 3 is 3.00 bits per heavy atom. The van der Waals surface area contributed by atoms with Crippen molar-refractivity contribution in [1.82, 2.24) is 5.32 Å². The molecule has 0 saturated carbocycles. The van der Waals surface area contributed by atoms with Crippen LogP contribution in [0.3, 0.4) is 0 Å². The zero-order valence-electron chi connectivity index (χ0n) is 8.20. The summed E-state index contributed by atoms with van der Waals surface area (Å²) in [5.41, 5.74) is 0. The Kier molecular flexibility index (Phi) is 6.47. The minimum Gasteiger partial charge on any atom is -0.377 e. The van der Waals surface area contributed by atoms with E-state index in [1.165, 1.54) is 18.6 Å². The molecule has 1 rings (SSSR count). The van der Waals surface area contributed by atoms with Crippen LogP contribution >= 0.6 is 21.6 Å². The van der Waals surface area contributed by atoms with Crippen molar-refractivity contribution in [2.45, 2.75) is 37.4 Å². The fraction of sp³-hybridized carbons (Fsp3) is 0.889. The third-order valence-corrected chi connectivity index (χ3v) is 5.19. The van der Waals surface area contributed by atoms with Crippen LogP contribution in [0.4, 0.5) is 0 Å². The third kappa shape index (κ3) is 5.12. The van der Waals surface area contributed by atoms with Gasteiger partial charge in [0.15, 0.2) is 0 Å². The SMILES string of the molecule is O=C(CCCC[C@@H]1CCSS1)NCO. The Labute approximate surface area is 92.8 Å². The summed E-state index contributed by atoms with van der Waals surface area (Å²) in [5.74, 6) is 1.24. The summed E-state index contributed by atoms with van der Waals surface area (Å²) in [6.45, 7) is -0.242. The molecule has 2 N–H and O–H groups in total. The quantitative estimate of drug-likeness (QED) is 0.418. The Bertz CT molecular complexity index is 172. The van der Waals surface area contributed by atoms with E-state index in [4.69, 9.17) is 5.11 Å². The number of unbranched alkanes of at least 4 members (excludes halogenated alkanes) is 1. The Hall–Kier alpha value is 0.130. The van der Waals surface area contributed by atoms with Gasteiger partial charge in [-0.25, -0.2) is 0 Å². The molecule has 14 heavy (non-hydrogen) atoms. The van der Waals surface area contributed by atoms with Crippen LogP contribution in [0.2, 0.25) is 0 Å². The van der Waals surface area contributed by atoms with E-state index in [2.05, 4.69) is 5.32 Å². The molecule has 1 saturated heterocycles. The van der Waals surface area contributed by atoms with Crippen molar-refractivity contribution in [1.29, 1.82) is 0 Å². The smallest absolute Gasteiger partial charge is 0.221 e. The van der Waals surface area contributed by atoms with E-state index in [0.717, 1.165) is 18.1 Å². The van der Waals surface area contributed by atoms with Gasteiger partial charge in [0.1, 0.15) is 6.73 Å². The highest BCUT2D eigenvalue weighted by Crippen LogP contribution is 2.39. The molecule has 5 heteroatoms. The average Bonchev–Trinajstić information content (AvgIpc) is 2.65. The van der Waals surface area contributed by atoms with Gasteiger partial charge in [-0.2, -0.15) is 0 Å². The lowest BCUT2D eigenvalue weighted by Gasteiger charge is -2.06. The van der Waals surface area contributed by atoms with E-state index in [1.807, 2.05) is 21.6 Å². The first-order valence-electron chi connectivity index (χ1n) is 4.98. The van der Waals surface area contributed by atoms with Crippen LogP contribution in [0.15, 0.2) is 0 Å². The fourth-order valence-electron chi connectivity index (χ4n) is 1.40. The summed E-state index contributed by atoms with van der Waals surface area (Å²) in [6, 6.07) is 0. The van der Waals surface area contributed by atoms with Gasteiger partial charge < -0.3 is 10.4 Å². The number of hydrogen-bond donors (Lipinski definition) is 2. The Balaban J connectivity index is 1.90. The van der Waals surface area contributed by atoms with Gasteiger partial charge in [0.05, 0.1) is 0 Å². The average molecular weight is 235 g/mol. The number of aliphatic hydroxyl groups is 1. The van der Waals surface area contributed by atoms with Crippen LogP contribution in [0.25, 0.3) is 0 Å². The lowest BCUT2D eigenvalue weighted by Crippen LogP contribution is -2.23. The molecule has 0 aliphatic carbocycles. The first-order chi connectivity index (χ1) is 6.83. The standard InChI is InChI=1S/C9H17NO2S2/c11-7-10-9(12)4-2-1-3-8-5-6-13-14-8/h8,11H,1-7H2,(H,10,12)/t8-/m1/s1. The largest absolute Gasteiger partial charge is 0.377 e. The van der Waals surface area contributed by atoms with E-state index < -0.39 is 0 Å². The maximum Gasteiger partial charge on any atom is 0.221 e. The van der Waals surface area contributed by atoms with E-state index in [9.17, 15) is 4.79 Å². The molecule has 3 nitrogen and oxygen atoms in total. The van der Waals surface area contributed by atoms with Gasteiger partial charge in [0.2, 0.25) is 5.91 Å². The van der Waals surface area contributed by atoms with E-state index >= 15 is 0 Å². The fourth-order valence-corrected chi connectivity index (χ4v) is 4.43. The van der Waals surface area contributed by atoms with Gasteiger partial charge >= 0.3 is 0 Å². The summed E-state index contributed by atoms with van der Waals surface area (Å²) >= 11 is 0. The summed E-state index contributed by atoms with van der Waals surface area (Å²) in [5, 5.41) is 11.6. The first kappa shape index (κ1) is 12.2. The number of amides is 1. The lowest BCUT2D eigenvalue weighted by atomic mass is 10.1. The van der Waals surface area contributed by atoms with Crippen LogP contribution < -0.4 is 5.32 Å². The predicted molar refractivity (Wildman–Crippen MR) is 62.2 cm³/mol. The van der Waals surface area contributed by atoms with E-state index in [1.54, 1.807) is 0 Å². The molecule has 0 spiro atoms. The molecule has 1 amide bonds. The highest BCUT2D eigenvalue weighted by atomic mass is 33.1. The number of carbonyl (C=O) groups is 1. The first-order valence-corrected chi connectivity index (χ1v) is 7.37. The van der Waals surface area contributed by atoms with Crippen LogP contribution in [0, 0.1) is 0 Å². The normalized spacial score (nSPS) is 21.1.